The summed E-state index contributed by atoms with van der Waals surface area (Å²) >= 11 is 0. The van der Waals surface area contributed by atoms with Crippen molar-refractivity contribution in [1.82, 2.24) is 14.5 Å². The number of aliphatic carboxylic acids is 1. The molecule has 1 aliphatic heterocycles. The minimum absolute atomic E-state index is 0.0229. The number of carboxylic acids is 1. The summed E-state index contributed by atoms with van der Waals surface area (Å²) in [5.41, 5.74) is -0.914. The molecule has 3 rings (SSSR count). The average molecular weight is 403 g/mol. The second-order valence-corrected chi connectivity index (χ2v) is 7.52. The van der Waals surface area contributed by atoms with Gasteiger partial charge in [0.2, 0.25) is 5.91 Å². The lowest BCUT2D eigenvalue weighted by molar-refractivity contribution is -0.165. The Kier molecular flexibility index (Phi) is 6.32. The van der Waals surface area contributed by atoms with Gasteiger partial charge < -0.3 is 19.7 Å². The molecule has 1 aromatic carbocycles. The molecule has 1 saturated heterocycles. The number of aliphatic hydroxyl groups is 1. The van der Waals surface area contributed by atoms with Crippen LogP contribution in [0.3, 0.4) is 0 Å². The van der Waals surface area contributed by atoms with Crippen molar-refractivity contribution in [2.75, 3.05) is 13.1 Å². The molecule has 8 heteroatoms. The topological polar surface area (TPSA) is 95.7 Å². The van der Waals surface area contributed by atoms with Gasteiger partial charge in [0.05, 0.1) is 6.10 Å². The van der Waals surface area contributed by atoms with Gasteiger partial charge in [-0.25, -0.2) is 9.37 Å². The number of benzene rings is 1. The maximum absolute atomic E-state index is 13.2. The molecular formula is C21H26FN3O4. The van der Waals surface area contributed by atoms with Crippen molar-refractivity contribution in [2.45, 2.75) is 45.3 Å². The summed E-state index contributed by atoms with van der Waals surface area (Å²) in [4.78, 5) is 30.7. The molecule has 1 aromatic heterocycles. The van der Waals surface area contributed by atoms with E-state index in [1.807, 2.05) is 17.7 Å². The Morgan fingerprint density at radius 3 is 2.69 bits per heavy atom. The number of piperidine rings is 1. The van der Waals surface area contributed by atoms with Crippen LogP contribution in [0.5, 0.6) is 0 Å². The van der Waals surface area contributed by atoms with E-state index < -0.39 is 23.3 Å². The predicted molar refractivity (Wildman–Crippen MR) is 104 cm³/mol. The number of imidazole rings is 1. The van der Waals surface area contributed by atoms with E-state index in [-0.39, 0.29) is 31.7 Å². The average Bonchev–Trinajstić information content (AvgIpc) is 3.17. The second kappa shape index (κ2) is 8.73. The van der Waals surface area contributed by atoms with Gasteiger partial charge >= 0.3 is 5.97 Å². The molecule has 2 heterocycles. The third kappa shape index (κ3) is 4.48. The molecule has 0 aliphatic carbocycles. The molecule has 0 bridgehead atoms. The van der Waals surface area contributed by atoms with E-state index in [2.05, 4.69) is 4.98 Å². The van der Waals surface area contributed by atoms with Crippen molar-refractivity contribution in [1.29, 1.82) is 0 Å². The van der Waals surface area contributed by atoms with Gasteiger partial charge in [0.15, 0.2) is 0 Å². The first-order valence-corrected chi connectivity index (χ1v) is 9.79. The molecule has 1 fully saturated rings. The molecule has 1 aliphatic rings. The van der Waals surface area contributed by atoms with Crippen LogP contribution in [0.4, 0.5) is 4.39 Å². The van der Waals surface area contributed by atoms with Crippen LogP contribution in [0.25, 0.3) is 0 Å². The number of carbonyl (C=O) groups excluding carboxylic acids is 1. The van der Waals surface area contributed by atoms with Crippen LogP contribution in [0, 0.1) is 11.2 Å². The van der Waals surface area contributed by atoms with E-state index >= 15 is 0 Å². The molecule has 29 heavy (non-hydrogen) atoms. The van der Waals surface area contributed by atoms with Crippen LogP contribution < -0.4 is 0 Å². The van der Waals surface area contributed by atoms with Gasteiger partial charge in [-0.15, -0.1) is 0 Å². The van der Waals surface area contributed by atoms with E-state index in [1.165, 1.54) is 29.2 Å². The minimum Gasteiger partial charge on any atom is -0.481 e. The molecule has 0 unspecified atom stereocenters. The van der Waals surface area contributed by atoms with E-state index in [1.54, 1.807) is 6.20 Å². The number of carboxylic acid groups (broad SMARTS) is 1. The van der Waals surface area contributed by atoms with E-state index in [0.29, 0.717) is 18.7 Å². The quantitative estimate of drug-likeness (QED) is 0.736. The van der Waals surface area contributed by atoms with Crippen molar-refractivity contribution in [3.05, 3.63) is 53.9 Å². The first-order valence-electron chi connectivity index (χ1n) is 9.79. The molecule has 0 spiro atoms. The predicted octanol–water partition coefficient (Wildman–Crippen LogP) is 1.88. The van der Waals surface area contributed by atoms with Crippen molar-refractivity contribution < 1.29 is 24.2 Å². The third-order valence-corrected chi connectivity index (χ3v) is 5.68. The number of aromatic nitrogens is 2. The highest BCUT2D eigenvalue weighted by molar-refractivity contribution is 5.80. The highest BCUT2D eigenvalue weighted by atomic mass is 19.1. The first-order chi connectivity index (χ1) is 13.9. The van der Waals surface area contributed by atoms with Crippen LogP contribution in [0.15, 0.2) is 36.7 Å². The molecule has 7 nitrogen and oxygen atoms in total. The Bertz CT molecular complexity index is 867. The number of halogens is 1. The van der Waals surface area contributed by atoms with Gasteiger partial charge in [0.25, 0.3) is 0 Å². The zero-order valence-electron chi connectivity index (χ0n) is 16.4. The SMILES string of the molecule is CCc1nccn1CCC(=O)N1CC[C@@H](O)[C@](Cc2ccc(F)cc2)(C(=O)O)C1. The van der Waals surface area contributed by atoms with Crippen LogP contribution in [0.1, 0.15) is 31.2 Å². The summed E-state index contributed by atoms with van der Waals surface area (Å²) in [7, 11) is 0. The Balaban J connectivity index is 1.73. The summed E-state index contributed by atoms with van der Waals surface area (Å²) in [6.45, 7) is 2.69. The molecule has 1 amide bonds. The molecule has 2 N–H and O–H groups in total. The van der Waals surface area contributed by atoms with Crippen molar-refractivity contribution in [2.24, 2.45) is 5.41 Å². The van der Waals surface area contributed by atoms with Crippen molar-refractivity contribution in [3.8, 4) is 0 Å². The lowest BCUT2D eigenvalue weighted by Gasteiger charge is -2.43. The Morgan fingerprint density at radius 1 is 1.31 bits per heavy atom. The van der Waals surface area contributed by atoms with E-state index in [4.69, 9.17) is 0 Å². The van der Waals surface area contributed by atoms with Crippen LogP contribution in [-0.2, 0) is 29.0 Å². The number of amides is 1. The number of hydrogen-bond donors (Lipinski definition) is 2. The standard InChI is InChI=1S/C21H26FN3O4/c1-2-18-23-9-12-24(18)11-8-19(27)25-10-7-17(26)21(14-25,20(28)29)13-15-3-5-16(22)6-4-15/h3-6,9,12,17,26H,2,7-8,10-11,13-14H2,1H3,(H,28,29)/t17-,21-/m1/s1. The Morgan fingerprint density at radius 2 is 2.03 bits per heavy atom. The molecule has 2 aromatic rings. The fourth-order valence-corrected chi connectivity index (χ4v) is 3.95. The lowest BCUT2D eigenvalue weighted by atomic mass is 9.72. The monoisotopic (exact) mass is 403 g/mol. The summed E-state index contributed by atoms with van der Waals surface area (Å²) in [5.74, 6) is -0.833. The Labute approximate surface area is 168 Å². The molecular weight excluding hydrogens is 377 g/mol. The zero-order valence-corrected chi connectivity index (χ0v) is 16.4. The number of nitrogens with zero attached hydrogens (tertiary/aromatic N) is 3. The molecule has 0 saturated carbocycles. The zero-order chi connectivity index (χ0) is 21.0. The number of hydrogen-bond acceptors (Lipinski definition) is 4. The summed E-state index contributed by atoms with van der Waals surface area (Å²) in [6.07, 6.45) is 3.62. The smallest absolute Gasteiger partial charge is 0.314 e. The number of likely N-dealkylation sites (tertiary alicyclic amines) is 1. The highest BCUT2D eigenvalue weighted by Gasteiger charge is 2.50. The summed E-state index contributed by atoms with van der Waals surface area (Å²) < 4.78 is 15.1. The number of aryl methyl sites for hydroxylation is 2. The fourth-order valence-electron chi connectivity index (χ4n) is 3.95. The first kappa shape index (κ1) is 21.0. The lowest BCUT2D eigenvalue weighted by Crippen LogP contribution is -2.58. The minimum atomic E-state index is -1.52. The van der Waals surface area contributed by atoms with Gasteiger partial charge in [-0.05, 0) is 30.5 Å². The maximum Gasteiger partial charge on any atom is 0.314 e. The second-order valence-electron chi connectivity index (χ2n) is 7.52. The van der Waals surface area contributed by atoms with Gasteiger partial charge in [-0.3, -0.25) is 9.59 Å². The number of aliphatic hydroxyl groups excluding tert-OH is 1. The Hall–Kier alpha value is -2.74. The van der Waals surface area contributed by atoms with E-state index in [9.17, 15) is 24.2 Å². The van der Waals surface area contributed by atoms with Crippen molar-refractivity contribution in [3.63, 3.8) is 0 Å². The van der Waals surface area contributed by atoms with Crippen molar-refractivity contribution >= 4 is 11.9 Å². The maximum atomic E-state index is 13.2. The van der Waals surface area contributed by atoms with Gasteiger partial charge in [0.1, 0.15) is 17.1 Å². The van der Waals surface area contributed by atoms with Gasteiger partial charge in [-0.2, -0.15) is 0 Å². The van der Waals surface area contributed by atoms with Crippen LogP contribution in [-0.4, -0.2) is 55.7 Å². The third-order valence-electron chi connectivity index (χ3n) is 5.68. The summed E-state index contributed by atoms with van der Waals surface area (Å²) in [5, 5.41) is 20.5. The van der Waals surface area contributed by atoms with Gasteiger partial charge in [0, 0.05) is 44.9 Å². The fraction of sp³-hybridized carbons (Fsp3) is 0.476. The van der Waals surface area contributed by atoms with Gasteiger partial charge in [-0.1, -0.05) is 19.1 Å². The van der Waals surface area contributed by atoms with E-state index in [0.717, 1.165) is 12.2 Å². The summed E-state index contributed by atoms with van der Waals surface area (Å²) in [6, 6.07) is 5.55. The normalized spacial score (nSPS) is 21.9. The van der Waals surface area contributed by atoms with Crippen LogP contribution in [0.2, 0.25) is 0 Å². The number of carbonyl (C=O) groups is 2. The van der Waals surface area contributed by atoms with Crippen LogP contribution >= 0.6 is 0 Å². The molecule has 2 atom stereocenters. The highest BCUT2D eigenvalue weighted by Crippen LogP contribution is 2.35. The number of rotatable bonds is 7. The molecule has 156 valence electrons. The largest absolute Gasteiger partial charge is 0.481 e. The molecule has 0 radical (unpaired) electrons.